The molecular formula is C16H19NO4. The lowest BCUT2D eigenvalue weighted by Crippen LogP contribution is -2.44. The molecule has 0 aliphatic carbocycles. The van der Waals surface area contributed by atoms with Gasteiger partial charge in [-0.1, -0.05) is 37.3 Å². The number of ketones is 1. The van der Waals surface area contributed by atoms with E-state index in [9.17, 15) is 14.4 Å². The molecule has 1 aromatic carbocycles. The number of imide groups is 1. The summed E-state index contributed by atoms with van der Waals surface area (Å²) in [4.78, 5) is 36.9. The number of rotatable bonds is 5. The molecule has 1 aromatic rings. The van der Waals surface area contributed by atoms with Crippen LogP contribution in [0.25, 0.3) is 0 Å². The minimum Gasteiger partial charge on any atom is -0.447 e. The first-order valence-electron chi connectivity index (χ1n) is 7.11. The molecule has 2 rings (SSSR count). The molecule has 1 aliphatic rings. The summed E-state index contributed by atoms with van der Waals surface area (Å²) in [6.45, 7) is 3.42. The van der Waals surface area contributed by atoms with Gasteiger partial charge in [-0.15, -0.1) is 0 Å². The number of carbonyl (C=O) groups excluding carboxylic acids is 3. The van der Waals surface area contributed by atoms with Gasteiger partial charge in [0.25, 0.3) is 0 Å². The third-order valence-corrected chi connectivity index (χ3v) is 3.71. The number of hydrogen-bond acceptors (Lipinski definition) is 4. The maximum atomic E-state index is 12.4. The number of Topliss-reactive ketones (excluding diaryl/α,β-unsaturated/α-hetero) is 1. The van der Waals surface area contributed by atoms with E-state index in [1.165, 1.54) is 0 Å². The van der Waals surface area contributed by atoms with Gasteiger partial charge in [-0.2, -0.15) is 0 Å². The van der Waals surface area contributed by atoms with Crippen molar-refractivity contribution in [1.29, 1.82) is 0 Å². The number of carbonyl (C=O) groups is 3. The second-order valence-electron chi connectivity index (χ2n) is 5.17. The molecule has 0 spiro atoms. The van der Waals surface area contributed by atoms with Gasteiger partial charge in [-0.25, -0.2) is 9.69 Å². The molecule has 1 aliphatic heterocycles. The zero-order chi connectivity index (χ0) is 15.4. The van der Waals surface area contributed by atoms with E-state index >= 15 is 0 Å². The number of ether oxygens (including phenoxy) is 1. The second-order valence-corrected chi connectivity index (χ2v) is 5.17. The van der Waals surface area contributed by atoms with Crippen molar-refractivity contribution < 1.29 is 19.1 Å². The van der Waals surface area contributed by atoms with Gasteiger partial charge in [0.1, 0.15) is 12.4 Å². The summed E-state index contributed by atoms with van der Waals surface area (Å²) < 4.78 is 4.99. The first kappa shape index (κ1) is 15.2. The maximum absolute atomic E-state index is 12.4. The Kier molecular flexibility index (Phi) is 4.73. The van der Waals surface area contributed by atoms with Gasteiger partial charge in [0.05, 0.1) is 12.0 Å². The van der Waals surface area contributed by atoms with Crippen LogP contribution in [0.1, 0.15) is 25.8 Å². The molecule has 2 atom stereocenters. The average molecular weight is 289 g/mol. The summed E-state index contributed by atoms with van der Waals surface area (Å²) in [6.07, 6.45) is 0.154. The molecule has 0 N–H and O–H groups in total. The zero-order valence-corrected chi connectivity index (χ0v) is 12.2. The van der Waals surface area contributed by atoms with Crippen molar-refractivity contribution in [3.05, 3.63) is 35.9 Å². The van der Waals surface area contributed by atoms with Crippen molar-refractivity contribution in [3.63, 3.8) is 0 Å². The molecule has 0 radical (unpaired) electrons. The molecule has 2 amide bonds. The first-order chi connectivity index (χ1) is 10.0. The Balaban J connectivity index is 2.13. The SMILES string of the molecule is CCC(=O)[C@H](C)C(=O)N1C(=O)OCC1Cc1ccccc1. The van der Waals surface area contributed by atoms with Gasteiger partial charge in [0.15, 0.2) is 0 Å². The quantitative estimate of drug-likeness (QED) is 0.779. The molecule has 112 valence electrons. The van der Waals surface area contributed by atoms with E-state index in [1.807, 2.05) is 30.3 Å². The van der Waals surface area contributed by atoms with Crippen molar-refractivity contribution in [2.24, 2.45) is 5.92 Å². The minimum atomic E-state index is -0.807. The lowest BCUT2D eigenvalue weighted by Gasteiger charge is -2.22. The Labute approximate surface area is 123 Å². The second kappa shape index (κ2) is 6.52. The Morgan fingerprint density at radius 3 is 2.62 bits per heavy atom. The normalized spacial score (nSPS) is 19.2. The zero-order valence-electron chi connectivity index (χ0n) is 12.2. The Hall–Kier alpha value is -2.17. The smallest absolute Gasteiger partial charge is 0.417 e. The molecule has 1 unspecified atom stereocenters. The van der Waals surface area contributed by atoms with Gasteiger partial charge in [-0.05, 0) is 18.9 Å². The highest BCUT2D eigenvalue weighted by atomic mass is 16.6. The molecule has 5 heteroatoms. The Morgan fingerprint density at radius 1 is 1.33 bits per heavy atom. The summed E-state index contributed by atoms with van der Waals surface area (Å²) in [6, 6.07) is 9.24. The Bertz CT molecular complexity index is 540. The number of hydrogen-bond donors (Lipinski definition) is 0. The molecule has 0 bridgehead atoms. The number of cyclic esters (lactones) is 1. The number of amides is 2. The largest absolute Gasteiger partial charge is 0.447 e. The van der Waals surface area contributed by atoms with Gasteiger partial charge in [0.2, 0.25) is 5.91 Å². The van der Waals surface area contributed by atoms with Crippen molar-refractivity contribution in [2.75, 3.05) is 6.61 Å². The summed E-state index contributed by atoms with van der Waals surface area (Å²) in [5.41, 5.74) is 1.02. The summed E-state index contributed by atoms with van der Waals surface area (Å²) in [5.74, 6) is -1.44. The van der Waals surface area contributed by atoms with Crippen LogP contribution in [0.2, 0.25) is 0 Å². The molecule has 1 heterocycles. The van der Waals surface area contributed by atoms with Gasteiger partial charge in [0, 0.05) is 6.42 Å². The lowest BCUT2D eigenvalue weighted by atomic mass is 10.0. The van der Waals surface area contributed by atoms with E-state index in [2.05, 4.69) is 0 Å². The minimum absolute atomic E-state index is 0.168. The predicted octanol–water partition coefficient (Wildman–Crippen LogP) is 2.19. The molecule has 0 aromatic heterocycles. The van der Waals surface area contributed by atoms with Crippen molar-refractivity contribution in [3.8, 4) is 0 Å². The maximum Gasteiger partial charge on any atom is 0.417 e. The van der Waals surface area contributed by atoms with Crippen LogP contribution in [0, 0.1) is 5.92 Å². The predicted molar refractivity (Wildman–Crippen MR) is 76.6 cm³/mol. The fraction of sp³-hybridized carbons (Fsp3) is 0.438. The topological polar surface area (TPSA) is 63.7 Å². The van der Waals surface area contributed by atoms with Crippen LogP contribution in [0.15, 0.2) is 30.3 Å². The molecule has 1 fully saturated rings. The molecule has 21 heavy (non-hydrogen) atoms. The molecule has 0 saturated carbocycles. The fourth-order valence-electron chi connectivity index (χ4n) is 2.42. The van der Waals surface area contributed by atoms with Crippen LogP contribution in [0.5, 0.6) is 0 Å². The van der Waals surface area contributed by atoms with Crippen LogP contribution >= 0.6 is 0 Å². The van der Waals surface area contributed by atoms with Crippen LogP contribution in [-0.4, -0.2) is 35.3 Å². The highest BCUT2D eigenvalue weighted by Gasteiger charge is 2.40. The van der Waals surface area contributed by atoms with Crippen molar-refractivity contribution in [2.45, 2.75) is 32.7 Å². The monoisotopic (exact) mass is 289 g/mol. The first-order valence-corrected chi connectivity index (χ1v) is 7.11. The highest BCUT2D eigenvalue weighted by Crippen LogP contribution is 2.20. The summed E-state index contributed by atoms with van der Waals surface area (Å²) >= 11 is 0. The van der Waals surface area contributed by atoms with Gasteiger partial charge in [-0.3, -0.25) is 9.59 Å². The van der Waals surface area contributed by atoms with E-state index in [0.29, 0.717) is 6.42 Å². The van der Waals surface area contributed by atoms with Crippen molar-refractivity contribution >= 4 is 17.8 Å². The van der Waals surface area contributed by atoms with Crippen LogP contribution in [0.4, 0.5) is 4.79 Å². The van der Waals surface area contributed by atoms with Gasteiger partial charge >= 0.3 is 6.09 Å². The van der Waals surface area contributed by atoms with Crippen molar-refractivity contribution in [1.82, 2.24) is 4.90 Å². The number of benzene rings is 1. The average Bonchev–Trinajstić information content (AvgIpc) is 2.86. The Morgan fingerprint density at radius 2 is 2.00 bits per heavy atom. The highest BCUT2D eigenvalue weighted by molar-refractivity contribution is 6.06. The van der Waals surface area contributed by atoms with E-state index < -0.39 is 17.9 Å². The third kappa shape index (κ3) is 3.29. The fourth-order valence-corrected chi connectivity index (χ4v) is 2.42. The van der Waals surface area contributed by atoms with E-state index in [4.69, 9.17) is 4.74 Å². The van der Waals surface area contributed by atoms with Crippen LogP contribution in [-0.2, 0) is 20.7 Å². The lowest BCUT2D eigenvalue weighted by molar-refractivity contribution is -0.138. The molecular weight excluding hydrogens is 270 g/mol. The van der Waals surface area contributed by atoms with E-state index in [0.717, 1.165) is 10.5 Å². The third-order valence-electron chi connectivity index (χ3n) is 3.71. The standard InChI is InChI=1S/C16H19NO4/c1-3-14(18)11(2)15(19)17-13(10-21-16(17)20)9-12-7-5-4-6-8-12/h4-8,11,13H,3,9-10H2,1-2H3/t11-,13?/m0/s1. The van der Waals surface area contributed by atoms with Crippen LogP contribution < -0.4 is 0 Å². The van der Waals surface area contributed by atoms with E-state index in [1.54, 1.807) is 13.8 Å². The molecule has 5 nitrogen and oxygen atoms in total. The van der Waals surface area contributed by atoms with E-state index in [-0.39, 0.29) is 24.9 Å². The number of nitrogens with zero attached hydrogens (tertiary/aromatic N) is 1. The molecule has 1 saturated heterocycles. The van der Waals surface area contributed by atoms with Crippen LogP contribution in [0.3, 0.4) is 0 Å². The summed E-state index contributed by atoms with van der Waals surface area (Å²) in [7, 11) is 0. The summed E-state index contributed by atoms with van der Waals surface area (Å²) in [5, 5.41) is 0. The van der Waals surface area contributed by atoms with Gasteiger partial charge < -0.3 is 4.74 Å².